The number of ether oxygens (including phenoxy) is 1. The predicted octanol–water partition coefficient (Wildman–Crippen LogP) is 4.89. The lowest BCUT2D eigenvalue weighted by molar-refractivity contribution is -0.147. The molecule has 0 aromatic rings. The van der Waals surface area contributed by atoms with Crippen LogP contribution >= 0.6 is 12.6 Å². The number of rotatable bonds is 3. The van der Waals surface area contributed by atoms with E-state index in [0.29, 0.717) is 23.5 Å². The molecule has 4 aliphatic rings. The Morgan fingerprint density at radius 2 is 1.83 bits per heavy atom. The zero-order chi connectivity index (χ0) is 21.1. The van der Waals surface area contributed by atoms with Crippen LogP contribution in [0.15, 0.2) is 23.5 Å². The minimum absolute atomic E-state index is 0.0144. The lowest BCUT2D eigenvalue weighted by atomic mass is 9.47. The lowest BCUT2D eigenvalue weighted by Gasteiger charge is -2.57. The maximum atomic E-state index is 12.4. The third-order valence-corrected chi connectivity index (χ3v) is 8.99. The highest BCUT2D eigenvalue weighted by Gasteiger charge is 2.61. The Hall–Kier alpha value is -1.36. The zero-order valence-corrected chi connectivity index (χ0v) is 18.8. The molecule has 0 N–H and O–H groups in total. The van der Waals surface area contributed by atoms with Gasteiger partial charge in [0.25, 0.3) is 0 Å². The molecule has 0 aromatic carbocycles. The number of esters is 1. The Bertz CT molecular complexity index is 825. The van der Waals surface area contributed by atoms with Gasteiger partial charge >= 0.3 is 5.97 Å². The maximum Gasteiger partial charge on any atom is 0.313 e. The Labute approximate surface area is 178 Å². The molecule has 3 saturated carbocycles. The largest absolute Gasteiger partial charge is 0.430 e. The molecule has 158 valence electrons. The van der Waals surface area contributed by atoms with Gasteiger partial charge in [0.2, 0.25) is 0 Å². The molecule has 29 heavy (non-hydrogen) atoms. The number of ketones is 1. The number of hydrogen-bond donors (Lipinski definition) is 1. The van der Waals surface area contributed by atoms with Crippen molar-refractivity contribution in [1.82, 2.24) is 0 Å². The summed E-state index contributed by atoms with van der Waals surface area (Å²) < 4.78 is 5.83. The molecule has 3 fully saturated rings. The fourth-order valence-electron chi connectivity index (χ4n) is 7.05. The molecule has 4 aliphatic carbocycles. The molecule has 6 atom stereocenters. The minimum Gasteiger partial charge on any atom is -0.430 e. The fourth-order valence-corrected chi connectivity index (χ4v) is 7.47. The van der Waals surface area contributed by atoms with Crippen LogP contribution in [0.25, 0.3) is 0 Å². The fraction of sp³-hybridized carbons (Fsp3) is 0.708. The van der Waals surface area contributed by atoms with E-state index in [1.54, 1.807) is 6.08 Å². The van der Waals surface area contributed by atoms with Crippen LogP contribution in [0.4, 0.5) is 0 Å². The van der Waals surface area contributed by atoms with Gasteiger partial charge in [-0.3, -0.25) is 14.4 Å². The molecule has 4 nitrogen and oxygen atoms in total. The molecule has 0 amide bonds. The van der Waals surface area contributed by atoms with Gasteiger partial charge in [0.05, 0.1) is 11.3 Å². The topological polar surface area (TPSA) is 60.4 Å². The van der Waals surface area contributed by atoms with Crippen molar-refractivity contribution in [2.45, 2.75) is 66.2 Å². The molecule has 5 heteroatoms. The average molecular weight is 417 g/mol. The highest BCUT2D eigenvalue weighted by Crippen LogP contribution is 2.67. The molecular formula is C24H32O4S. The number of carbonyl (C=O) groups is 3. The van der Waals surface area contributed by atoms with Crippen molar-refractivity contribution in [1.29, 1.82) is 0 Å². The van der Waals surface area contributed by atoms with Crippen LogP contribution in [0.1, 0.15) is 66.2 Å². The molecular weight excluding hydrogens is 384 g/mol. The molecule has 0 bridgehead atoms. The van der Waals surface area contributed by atoms with Gasteiger partial charge in [-0.1, -0.05) is 26.3 Å². The summed E-state index contributed by atoms with van der Waals surface area (Å²) in [6.45, 7) is 8.08. The van der Waals surface area contributed by atoms with E-state index >= 15 is 0 Å². The van der Waals surface area contributed by atoms with Gasteiger partial charge in [-0.2, -0.15) is 0 Å². The first-order chi connectivity index (χ1) is 13.6. The second kappa shape index (κ2) is 7.11. The van der Waals surface area contributed by atoms with E-state index in [1.807, 2.05) is 13.8 Å². The highest BCUT2D eigenvalue weighted by molar-refractivity contribution is 7.96. The minimum atomic E-state index is -0.411. The number of fused-ring (bicyclic) bond motifs is 5. The van der Waals surface area contributed by atoms with Crippen LogP contribution in [-0.2, 0) is 19.1 Å². The molecule has 0 aliphatic heterocycles. The molecule has 0 radical (unpaired) electrons. The monoisotopic (exact) mass is 416 g/mol. The number of allylic oxidation sites excluding steroid dienone is 3. The van der Waals surface area contributed by atoms with E-state index < -0.39 is 5.41 Å². The Kier molecular flexibility index (Phi) is 5.12. The summed E-state index contributed by atoms with van der Waals surface area (Å²) >= 11 is 4.20. The van der Waals surface area contributed by atoms with E-state index in [0.717, 1.165) is 44.1 Å². The summed E-state index contributed by atoms with van der Waals surface area (Å²) in [6.07, 6.45) is 9.15. The molecule has 0 aromatic heterocycles. The predicted molar refractivity (Wildman–Crippen MR) is 114 cm³/mol. The van der Waals surface area contributed by atoms with Gasteiger partial charge in [0, 0.05) is 12.0 Å². The third kappa shape index (κ3) is 3.07. The van der Waals surface area contributed by atoms with E-state index in [-0.39, 0.29) is 34.1 Å². The van der Waals surface area contributed by atoms with Crippen LogP contribution < -0.4 is 0 Å². The molecule has 4 rings (SSSR count). The Morgan fingerprint density at radius 1 is 1.10 bits per heavy atom. The van der Waals surface area contributed by atoms with Crippen molar-refractivity contribution in [3.63, 3.8) is 0 Å². The summed E-state index contributed by atoms with van der Waals surface area (Å²) in [5, 5.41) is 0.0331. The van der Waals surface area contributed by atoms with E-state index in [9.17, 15) is 14.4 Å². The van der Waals surface area contributed by atoms with Crippen molar-refractivity contribution in [3.05, 3.63) is 23.5 Å². The smallest absolute Gasteiger partial charge is 0.313 e. The van der Waals surface area contributed by atoms with Gasteiger partial charge in [-0.05, 0) is 74.7 Å². The summed E-state index contributed by atoms with van der Waals surface area (Å²) in [5.41, 5.74) is 0.716. The third-order valence-electron chi connectivity index (χ3n) is 8.67. The normalized spacial score (nSPS) is 41.1. The van der Waals surface area contributed by atoms with E-state index in [1.165, 1.54) is 6.08 Å². The van der Waals surface area contributed by atoms with Crippen LogP contribution in [0.3, 0.4) is 0 Å². The van der Waals surface area contributed by atoms with Gasteiger partial charge in [0.1, 0.15) is 5.76 Å². The highest BCUT2D eigenvalue weighted by atomic mass is 32.1. The van der Waals surface area contributed by atoms with Crippen LogP contribution in [-0.4, -0.2) is 16.9 Å². The molecule has 0 unspecified atom stereocenters. The second-order valence-electron chi connectivity index (χ2n) is 10.3. The summed E-state index contributed by atoms with van der Waals surface area (Å²) in [7, 11) is 0. The standard InChI is InChI=1S/C24H32O4S/c1-13(2)21(26)28-20-12-15(25)11-14-5-6-16-17-7-8-19(22(27)29)23(17,3)10-9-18(16)24(14,20)4/h11-13,16-19H,5-10H2,1-4H3,(H,27,29)/t16-,17-,18-,19+,23-,24-/m0/s1. The molecule has 0 heterocycles. The van der Waals surface area contributed by atoms with Crippen LogP contribution in [0.5, 0.6) is 0 Å². The second-order valence-corrected chi connectivity index (χ2v) is 10.7. The number of carbonyl (C=O) groups excluding carboxylic acids is 3. The first kappa shape index (κ1) is 20.9. The van der Waals surface area contributed by atoms with Crippen molar-refractivity contribution in [2.24, 2.45) is 40.4 Å². The van der Waals surface area contributed by atoms with Gasteiger partial charge < -0.3 is 4.74 Å². The summed E-state index contributed by atoms with van der Waals surface area (Å²) in [4.78, 5) is 36.9. The Balaban J connectivity index is 1.70. The van der Waals surface area contributed by atoms with Crippen molar-refractivity contribution >= 4 is 29.5 Å². The van der Waals surface area contributed by atoms with Gasteiger partial charge in [-0.25, -0.2) is 0 Å². The number of hydrogen-bond acceptors (Lipinski definition) is 4. The quantitative estimate of drug-likeness (QED) is 0.525. The SMILES string of the molecule is CC(C)C(=O)OC1=CC(=O)C=C2CC[C@@H]3[C@H](CC[C@]4(C)[C@@H](C(=O)S)CC[C@@H]34)[C@]21C. The van der Waals surface area contributed by atoms with Crippen molar-refractivity contribution in [2.75, 3.05) is 0 Å². The van der Waals surface area contributed by atoms with Crippen LogP contribution in [0.2, 0.25) is 0 Å². The molecule has 0 spiro atoms. The van der Waals surface area contributed by atoms with Crippen molar-refractivity contribution in [3.8, 4) is 0 Å². The molecule has 0 saturated heterocycles. The van der Waals surface area contributed by atoms with E-state index in [4.69, 9.17) is 4.74 Å². The first-order valence-corrected chi connectivity index (χ1v) is 11.5. The Morgan fingerprint density at radius 3 is 2.48 bits per heavy atom. The lowest BCUT2D eigenvalue weighted by Crippen LogP contribution is -2.51. The van der Waals surface area contributed by atoms with Crippen molar-refractivity contribution < 1.29 is 19.1 Å². The zero-order valence-electron chi connectivity index (χ0n) is 17.9. The maximum absolute atomic E-state index is 12.4. The average Bonchev–Trinajstić information content (AvgIpc) is 3.00. The van der Waals surface area contributed by atoms with Crippen LogP contribution in [0, 0.1) is 40.4 Å². The number of thiol groups is 1. The van der Waals surface area contributed by atoms with Gasteiger partial charge in [0.15, 0.2) is 10.9 Å². The van der Waals surface area contributed by atoms with Gasteiger partial charge in [-0.15, -0.1) is 12.6 Å². The van der Waals surface area contributed by atoms with E-state index in [2.05, 4.69) is 26.5 Å². The first-order valence-electron chi connectivity index (χ1n) is 11.0. The summed E-state index contributed by atoms with van der Waals surface area (Å²) in [5.74, 6) is 1.27. The summed E-state index contributed by atoms with van der Waals surface area (Å²) in [6, 6.07) is 0.